The van der Waals surface area contributed by atoms with Crippen LogP contribution in [0.2, 0.25) is 0 Å². The predicted octanol–water partition coefficient (Wildman–Crippen LogP) is 9.06. The van der Waals surface area contributed by atoms with Crippen LogP contribution in [-0.4, -0.2) is 18.7 Å². The van der Waals surface area contributed by atoms with Crippen molar-refractivity contribution in [3.63, 3.8) is 0 Å². The molecule has 0 fully saturated rings. The lowest BCUT2D eigenvalue weighted by molar-refractivity contribution is -0.452. The Balaban J connectivity index is 1.85. The molecule has 0 bridgehead atoms. The predicted molar refractivity (Wildman–Crippen MR) is 139 cm³/mol. The van der Waals surface area contributed by atoms with E-state index in [2.05, 4.69) is 28.7 Å². The Kier molecular flexibility index (Phi) is 19.8. The van der Waals surface area contributed by atoms with E-state index in [-0.39, 0.29) is 6.61 Å². The van der Waals surface area contributed by atoms with Gasteiger partial charge in [0.2, 0.25) is 0 Å². The molecule has 0 aliphatic carbocycles. The molecule has 0 N–H and O–H groups in total. The van der Waals surface area contributed by atoms with Gasteiger partial charge in [0.1, 0.15) is 0 Å². The number of hydrogen-bond acceptors (Lipinski definition) is 6. The van der Waals surface area contributed by atoms with Crippen molar-refractivity contribution in [2.24, 2.45) is 0 Å². The summed E-state index contributed by atoms with van der Waals surface area (Å²) in [6, 6.07) is 7.00. The van der Waals surface area contributed by atoms with Crippen LogP contribution < -0.4 is 0 Å². The lowest BCUT2D eigenvalue weighted by atomic mass is 10.0. The lowest BCUT2D eigenvalue weighted by Crippen LogP contribution is -2.12. The van der Waals surface area contributed by atoms with E-state index in [1.54, 1.807) is 12.1 Å². The average molecular weight is 493 g/mol. The molecular formula is C29H48O6. The van der Waals surface area contributed by atoms with Crippen molar-refractivity contribution in [1.29, 1.82) is 0 Å². The fraction of sp³-hybridized carbons (Fsp3) is 0.724. The molecule has 35 heavy (non-hydrogen) atoms. The SMILES string of the molecule is CCCCCCCCCCCCCCCCCCOC(=O)OOOC(=O)c1ccc(CCC)cc1. The molecule has 6 heteroatoms. The van der Waals surface area contributed by atoms with E-state index in [0.717, 1.165) is 37.7 Å². The molecule has 1 aromatic rings. The number of benzene rings is 1. The Labute approximate surface area is 212 Å². The van der Waals surface area contributed by atoms with Crippen molar-refractivity contribution in [2.45, 2.75) is 129 Å². The first-order valence-electron chi connectivity index (χ1n) is 14.0. The minimum atomic E-state index is -1.02. The normalized spacial score (nSPS) is 10.8. The second kappa shape index (κ2) is 22.4. The maximum Gasteiger partial charge on any atom is 0.543 e. The minimum Gasteiger partial charge on any atom is -0.432 e. The highest BCUT2D eigenvalue weighted by molar-refractivity contribution is 5.88. The van der Waals surface area contributed by atoms with Gasteiger partial charge in [-0.3, -0.25) is 4.89 Å². The summed E-state index contributed by atoms with van der Waals surface area (Å²) in [5, 5.41) is 4.25. The Morgan fingerprint density at radius 1 is 0.600 bits per heavy atom. The molecule has 0 unspecified atom stereocenters. The van der Waals surface area contributed by atoms with E-state index in [0.29, 0.717) is 5.56 Å². The largest absolute Gasteiger partial charge is 0.543 e. The highest BCUT2D eigenvalue weighted by atomic mass is 17.5. The Bertz CT molecular complexity index is 643. The fourth-order valence-electron chi connectivity index (χ4n) is 4.05. The van der Waals surface area contributed by atoms with Gasteiger partial charge in [0.05, 0.1) is 17.2 Å². The number of rotatable bonds is 22. The smallest absolute Gasteiger partial charge is 0.432 e. The van der Waals surface area contributed by atoms with Gasteiger partial charge in [0.25, 0.3) is 0 Å². The van der Waals surface area contributed by atoms with Crippen LogP contribution in [-0.2, 0) is 26.0 Å². The summed E-state index contributed by atoms with van der Waals surface area (Å²) >= 11 is 0. The van der Waals surface area contributed by atoms with Gasteiger partial charge >= 0.3 is 12.1 Å². The Morgan fingerprint density at radius 3 is 1.57 bits per heavy atom. The maximum atomic E-state index is 11.8. The standard InChI is InChI=1S/C29H48O6/c1-3-5-6-7-8-9-10-11-12-13-14-15-16-17-18-19-25-32-29(31)34-35-33-28(30)27-23-21-26(20-4-2)22-24-27/h21-24H,3-20,25H2,1-2H3. The van der Waals surface area contributed by atoms with E-state index < -0.39 is 12.1 Å². The number of carbonyl (C=O) groups is 2. The van der Waals surface area contributed by atoms with Crippen molar-refractivity contribution in [3.8, 4) is 0 Å². The molecule has 200 valence electrons. The summed E-state index contributed by atoms with van der Waals surface area (Å²) in [7, 11) is 0. The van der Waals surface area contributed by atoms with Crippen LogP contribution in [0.4, 0.5) is 4.79 Å². The zero-order valence-electron chi connectivity index (χ0n) is 22.2. The second-order valence-electron chi connectivity index (χ2n) is 9.37. The van der Waals surface area contributed by atoms with E-state index in [1.165, 1.54) is 83.5 Å². The zero-order valence-corrected chi connectivity index (χ0v) is 22.2. The molecule has 0 radical (unpaired) electrons. The van der Waals surface area contributed by atoms with Crippen molar-refractivity contribution in [1.82, 2.24) is 0 Å². The molecule has 1 aromatic carbocycles. The summed E-state index contributed by atoms with van der Waals surface area (Å²) in [5.74, 6) is -0.737. The van der Waals surface area contributed by atoms with Gasteiger partial charge < -0.3 is 4.74 Å². The average Bonchev–Trinajstić information content (AvgIpc) is 2.86. The first kappa shape index (κ1) is 31.0. The molecule has 1 rings (SSSR count). The summed E-state index contributed by atoms with van der Waals surface area (Å²) in [6.45, 7) is 4.61. The monoisotopic (exact) mass is 492 g/mol. The number of ether oxygens (including phenoxy) is 1. The first-order valence-corrected chi connectivity index (χ1v) is 14.0. The van der Waals surface area contributed by atoms with Crippen LogP contribution in [0.25, 0.3) is 0 Å². The van der Waals surface area contributed by atoms with Crippen LogP contribution in [0.3, 0.4) is 0 Å². The van der Waals surface area contributed by atoms with Crippen LogP contribution in [0.15, 0.2) is 24.3 Å². The number of unbranched alkanes of at least 4 members (excludes halogenated alkanes) is 15. The highest BCUT2D eigenvalue weighted by Crippen LogP contribution is 2.14. The van der Waals surface area contributed by atoms with Crippen LogP contribution in [0.1, 0.15) is 139 Å². The molecule has 0 aliphatic rings. The van der Waals surface area contributed by atoms with Gasteiger partial charge in [-0.25, -0.2) is 14.5 Å². The molecule has 0 spiro atoms. The number of aryl methyl sites for hydroxylation is 1. The van der Waals surface area contributed by atoms with E-state index in [9.17, 15) is 9.59 Å². The molecular weight excluding hydrogens is 444 g/mol. The zero-order chi connectivity index (χ0) is 25.4. The second-order valence-corrected chi connectivity index (χ2v) is 9.37. The van der Waals surface area contributed by atoms with Crippen molar-refractivity contribution in [2.75, 3.05) is 6.61 Å². The lowest BCUT2D eigenvalue weighted by Gasteiger charge is -2.05. The molecule has 6 nitrogen and oxygen atoms in total. The third kappa shape index (κ3) is 17.9. The van der Waals surface area contributed by atoms with Crippen molar-refractivity contribution >= 4 is 12.1 Å². The van der Waals surface area contributed by atoms with E-state index in [1.807, 2.05) is 12.1 Å². The van der Waals surface area contributed by atoms with Gasteiger partial charge in [-0.2, -0.15) is 0 Å². The van der Waals surface area contributed by atoms with Crippen LogP contribution >= 0.6 is 0 Å². The van der Waals surface area contributed by atoms with Gasteiger partial charge in [-0.15, -0.1) is 0 Å². The van der Waals surface area contributed by atoms with E-state index >= 15 is 0 Å². The molecule has 0 heterocycles. The minimum absolute atomic E-state index is 0.257. The summed E-state index contributed by atoms with van der Waals surface area (Å²) in [6.07, 6.45) is 21.6. The van der Waals surface area contributed by atoms with Crippen molar-refractivity contribution < 1.29 is 29.1 Å². The summed E-state index contributed by atoms with van der Waals surface area (Å²) < 4.78 is 4.91. The molecule has 0 amide bonds. The molecule has 0 saturated carbocycles. The van der Waals surface area contributed by atoms with Gasteiger partial charge in [0.15, 0.2) is 0 Å². The van der Waals surface area contributed by atoms with Crippen LogP contribution in [0, 0.1) is 0 Å². The molecule has 0 atom stereocenters. The summed E-state index contributed by atoms with van der Waals surface area (Å²) in [4.78, 5) is 32.1. The Morgan fingerprint density at radius 2 is 1.09 bits per heavy atom. The Hall–Kier alpha value is -2.08. The maximum absolute atomic E-state index is 11.8. The molecule has 0 aromatic heterocycles. The van der Waals surface area contributed by atoms with Gasteiger partial charge in [-0.05, 0) is 30.5 Å². The van der Waals surface area contributed by atoms with Crippen molar-refractivity contribution in [3.05, 3.63) is 35.4 Å². The highest BCUT2D eigenvalue weighted by Gasteiger charge is 2.12. The fourth-order valence-corrected chi connectivity index (χ4v) is 4.05. The van der Waals surface area contributed by atoms with Gasteiger partial charge in [0, 0.05) is 0 Å². The van der Waals surface area contributed by atoms with E-state index in [4.69, 9.17) is 4.74 Å². The molecule has 0 aliphatic heterocycles. The quantitative estimate of drug-likeness (QED) is 0.0695. The third-order valence-corrected chi connectivity index (χ3v) is 6.16. The first-order chi connectivity index (χ1) is 17.2. The number of carbonyl (C=O) groups excluding carboxylic acids is 2. The number of hydrogen-bond donors (Lipinski definition) is 0. The molecule has 0 saturated heterocycles. The topological polar surface area (TPSA) is 71.1 Å². The summed E-state index contributed by atoms with van der Waals surface area (Å²) in [5.41, 5.74) is 1.45. The van der Waals surface area contributed by atoms with Gasteiger partial charge in [-0.1, -0.05) is 129 Å². The van der Waals surface area contributed by atoms with Crippen LogP contribution in [0.5, 0.6) is 0 Å². The third-order valence-electron chi connectivity index (χ3n) is 6.16.